The van der Waals surface area contributed by atoms with Crippen molar-refractivity contribution in [2.24, 2.45) is 0 Å². The SMILES string of the molecule is CCN(C(=O)NC)C1CC(Oc2cc(-c3cnc(N)nc3)nc(N3CCOCC3)n2)C1. The molecule has 11 heteroatoms. The summed E-state index contributed by atoms with van der Waals surface area (Å²) < 4.78 is 11.6. The van der Waals surface area contributed by atoms with Crippen LogP contribution in [-0.4, -0.2) is 82.9 Å². The Hall–Kier alpha value is -3.21. The molecule has 0 radical (unpaired) electrons. The zero-order chi connectivity index (χ0) is 21.8. The number of ether oxygens (including phenoxy) is 2. The third-order valence-corrected chi connectivity index (χ3v) is 5.57. The molecule has 1 aliphatic carbocycles. The molecule has 0 spiro atoms. The highest BCUT2D eigenvalue weighted by molar-refractivity contribution is 5.74. The van der Waals surface area contributed by atoms with Gasteiger partial charge in [0.2, 0.25) is 17.8 Å². The second kappa shape index (κ2) is 9.29. The van der Waals surface area contributed by atoms with E-state index >= 15 is 0 Å². The van der Waals surface area contributed by atoms with Gasteiger partial charge in [-0.05, 0) is 6.92 Å². The molecule has 3 N–H and O–H groups in total. The molecule has 0 atom stereocenters. The highest BCUT2D eigenvalue weighted by atomic mass is 16.5. The Morgan fingerprint density at radius 2 is 2.00 bits per heavy atom. The number of nitrogen functional groups attached to an aromatic ring is 1. The van der Waals surface area contributed by atoms with E-state index in [4.69, 9.17) is 20.2 Å². The van der Waals surface area contributed by atoms with Crippen LogP contribution in [0, 0.1) is 0 Å². The largest absolute Gasteiger partial charge is 0.474 e. The van der Waals surface area contributed by atoms with Gasteiger partial charge in [0.1, 0.15) is 6.10 Å². The maximum Gasteiger partial charge on any atom is 0.317 e. The second-order valence-electron chi connectivity index (χ2n) is 7.53. The molecule has 1 saturated heterocycles. The summed E-state index contributed by atoms with van der Waals surface area (Å²) >= 11 is 0. The van der Waals surface area contributed by atoms with Gasteiger partial charge in [-0.15, -0.1) is 0 Å². The summed E-state index contributed by atoms with van der Waals surface area (Å²) in [6.07, 6.45) is 4.79. The molecule has 1 aliphatic heterocycles. The Balaban J connectivity index is 1.52. The van der Waals surface area contributed by atoms with E-state index in [0.717, 1.165) is 18.4 Å². The number of hydrogen-bond acceptors (Lipinski definition) is 9. The van der Waals surface area contributed by atoms with Crippen LogP contribution < -0.4 is 20.7 Å². The monoisotopic (exact) mass is 428 g/mol. The molecule has 11 nitrogen and oxygen atoms in total. The lowest BCUT2D eigenvalue weighted by Gasteiger charge is -2.41. The van der Waals surface area contributed by atoms with E-state index < -0.39 is 0 Å². The molecule has 2 amide bonds. The van der Waals surface area contributed by atoms with Crippen LogP contribution in [0.25, 0.3) is 11.3 Å². The van der Waals surface area contributed by atoms with Crippen molar-refractivity contribution < 1.29 is 14.3 Å². The van der Waals surface area contributed by atoms with Gasteiger partial charge in [0.15, 0.2) is 0 Å². The molecule has 31 heavy (non-hydrogen) atoms. The fourth-order valence-electron chi connectivity index (χ4n) is 3.77. The molecule has 3 heterocycles. The number of amides is 2. The lowest BCUT2D eigenvalue weighted by molar-refractivity contribution is 0.0336. The minimum absolute atomic E-state index is 0.00772. The summed E-state index contributed by atoms with van der Waals surface area (Å²) in [5.41, 5.74) is 7.02. The number of nitrogens with zero attached hydrogens (tertiary/aromatic N) is 6. The lowest BCUT2D eigenvalue weighted by Crippen LogP contribution is -2.53. The first-order valence-electron chi connectivity index (χ1n) is 10.5. The lowest BCUT2D eigenvalue weighted by atomic mass is 9.88. The summed E-state index contributed by atoms with van der Waals surface area (Å²) in [5, 5.41) is 2.69. The van der Waals surface area contributed by atoms with Crippen LogP contribution in [0.1, 0.15) is 19.8 Å². The number of nitrogens with one attached hydrogen (secondary N) is 1. The molecule has 2 aromatic rings. The first-order valence-corrected chi connectivity index (χ1v) is 10.5. The number of hydrogen-bond donors (Lipinski definition) is 2. The van der Waals surface area contributed by atoms with Gasteiger partial charge in [-0.25, -0.2) is 19.7 Å². The molecular weight excluding hydrogens is 400 g/mol. The fourth-order valence-corrected chi connectivity index (χ4v) is 3.77. The zero-order valence-electron chi connectivity index (χ0n) is 17.8. The average molecular weight is 428 g/mol. The van der Waals surface area contributed by atoms with Gasteiger partial charge < -0.3 is 30.3 Å². The molecule has 1 saturated carbocycles. The minimum atomic E-state index is -0.0618. The van der Waals surface area contributed by atoms with Gasteiger partial charge >= 0.3 is 6.03 Å². The highest BCUT2D eigenvalue weighted by Crippen LogP contribution is 2.31. The van der Waals surface area contributed by atoms with E-state index in [0.29, 0.717) is 50.4 Å². The van der Waals surface area contributed by atoms with Gasteiger partial charge in [-0.3, -0.25) is 0 Å². The summed E-state index contributed by atoms with van der Waals surface area (Å²) in [4.78, 5) is 33.4. The van der Waals surface area contributed by atoms with Crippen molar-refractivity contribution in [1.29, 1.82) is 0 Å². The van der Waals surface area contributed by atoms with Gasteiger partial charge in [0, 0.05) is 69.6 Å². The third kappa shape index (κ3) is 4.76. The van der Waals surface area contributed by atoms with E-state index in [9.17, 15) is 4.79 Å². The molecule has 2 fully saturated rings. The quantitative estimate of drug-likeness (QED) is 0.689. The van der Waals surface area contributed by atoms with Gasteiger partial charge in [-0.2, -0.15) is 4.98 Å². The van der Waals surface area contributed by atoms with Crippen LogP contribution in [0.15, 0.2) is 18.5 Å². The zero-order valence-corrected chi connectivity index (χ0v) is 17.8. The average Bonchev–Trinajstić information content (AvgIpc) is 2.78. The van der Waals surface area contributed by atoms with E-state index in [-0.39, 0.29) is 24.1 Å². The molecular formula is C20H28N8O3. The Morgan fingerprint density at radius 3 is 2.65 bits per heavy atom. The molecule has 166 valence electrons. The van der Waals surface area contributed by atoms with Crippen molar-refractivity contribution >= 4 is 17.9 Å². The first-order chi connectivity index (χ1) is 15.1. The molecule has 0 bridgehead atoms. The van der Waals surface area contributed by atoms with Gasteiger partial charge in [0.05, 0.1) is 18.9 Å². The summed E-state index contributed by atoms with van der Waals surface area (Å²) in [7, 11) is 1.65. The standard InChI is InChI=1S/C20H28N8O3/c1-3-28(20(29)22-2)14-8-15(9-14)31-17-10-16(13-11-23-18(21)24-12-13)25-19(26-17)27-4-6-30-7-5-27/h10-12,14-15H,3-9H2,1-2H3,(H,22,29)(H2,21,23,24). The summed E-state index contributed by atoms with van der Waals surface area (Å²) in [6, 6.07) is 1.90. The van der Waals surface area contributed by atoms with Crippen LogP contribution >= 0.6 is 0 Å². The number of nitrogens with two attached hydrogens (primary N) is 1. The summed E-state index contributed by atoms with van der Waals surface area (Å²) in [5.74, 6) is 1.29. The highest BCUT2D eigenvalue weighted by Gasteiger charge is 2.37. The van der Waals surface area contributed by atoms with Crippen molar-refractivity contribution in [2.45, 2.75) is 31.9 Å². The smallest absolute Gasteiger partial charge is 0.317 e. The summed E-state index contributed by atoms with van der Waals surface area (Å²) in [6.45, 7) is 5.32. The normalized spacial score (nSPS) is 20.6. The Labute approximate surface area is 181 Å². The van der Waals surface area contributed by atoms with E-state index in [1.807, 2.05) is 11.8 Å². The van der Waals surface area contributed by atoms with Gasteiger partial charge in [-0.1, -0.05) is 0 Å². The van der Waals surface area contributed by atoms with Crippen molar-refractivity contribution in [3.63, 3.8) is 0 Å². The Kier molecular flexibility index (Phi) is 6.31. The molecule has 2 aromatic heterocycles. The van der Waals surface area contributed by atoms with Crippen molar-refractivity contribution in [3.8, 4) is 17.1 Å². The number of carbonyl (C=O) groups is 1. The molecule has 0 aromatic carbocycles. The number of morpholine rings is 1. The maximum absolute atomic E-state index is 12.0. The van der Waals surface area contributed by atoms with Gasteiger partial charge in [0.25, 0.3) is 0 Å². The number of urea groups is 1. The molecule has 4 rings (SSSR count). The van der Waals surface area contributed by atoms with Crippen molar-refractivity contribution in [3.05, 3.63) is 18.5 Å². The first kappa shape index (κ1) is 21.0. The minimum Gasteiger partial charge on any atom is -0.474 e. The van der Waals surface area contributed by atoms with E-state index in [1.165, 1.54) is 0 Å². The number of anilines is 2. The van der Waals surface area contributed by atoms with Crippen LogP contribution in [0.3, 0.4) is 0 Å². The molecule has 2 aliphatic rings. The van der Waals surface area contributed by atoms with Crippen LogP contribution in [0.5, 0.6) is 5.88 Å². The van der Waals surface area contributed by atoms with E-state index in [2.05, 4.69) is 25.2 Å². The number of carbonyl (C=O) groups excluding carboxylic acids is 1. The van der Waals surface area contributed by atoms with Crippen LogP contribution in [0.4, 0.5) is 16.7 Å². The predicted molar refractivity (Wildman–Crippen MR) is 115 cm³/mol. The number of rotatable bonds is 6. The second-order valence-corrected chi connectivity index (χ2v) is 7.53. The van der Waals surface area contributed by atoms with Crippen LogP contribution in [0.2, 0.25) is 0 Å². The predicted octanol–water partition coefficient (Wildman–Crippen LogP) is 0.923. The maximum atomic E-state index is 12.0. The van der Waals surface area contributed by atoms with Crippen LogP contribution in [-0.2, 0) is 4.74 Å². The topological polar surface area (TPSA) is 132 Å². The number of aromatic nitrogens is 4. The Bertz CT molecular complexity index is 898. The molecule has 0 unspecified atom stereocenters. The van der Waals surface area contributed by atoms with E-state index in [1.54, 1.807) is 25.5 Å². The third-order valence-electron chi connectivity index (χ3n) is 5.57. The Morgan fingerprint density at radius 1 is 1.29 bits per heavy atom. The fraction of sp³-hybridized carbons (Fsp3) is 0.550. The van der Waals surface area contributed by atoms with Crippen molar-refractivity contribution in [1.82, 2.24) is 30.2 Å². The van der Waals surface area contributed by atoms with Crippen molar-refractivity contribution in [2.75, 3.05) is 50.5 Å².